The molecular weight excluding hydrogens is 308 g/mol. The predicted octanol–water partition coefficient (Wildman–Crippen LogP) is 3.94. The van der Waals surface area contributed by atoms with Gasteiger partial charge >= 0.3 is 0 Å². The lowest BCUT2D eigenvalue weighted by atomic mass is 10.2. The van der Waals surface area contributed by atoms with Crippen molar-refractivity contribution in [1.29, 1.82) is 0 Å². The lowest BCUT2D eigenvalue weighted by Crippen LogP contribution is -2.15. The first-order valence-corrected chi connectivity index (χ1v) is 8.22. The van der Waals surface area contributed by atoms with E-state index in [9.17, 15) is 4.79 Å². The minimum absolute atomic E-state index is 0.0426. The van der Waals surface area contributed by atoms with E-state index in [2.05, 4.69) is 34.3 Å². The molecule has 2 rings (SSSR count). The fourth-order valence-corrected chi connectivity index (χ4v) is 3.25. The summed E-state index contributed by atoms with van der Waals surface area (Å²) in [5.41, 5.74) is 0.800. The van der Waals surface area contributed by atoms with E-state index >= 15 is 0 Å². The van der Waals surface area contributed by atoms with Gasteiger partial charge < -0.3 is 0 Å². The Morgan fingerprint density at radius 1 is 1.06 bits per heavy atom. The van der Waals surface area contributed by atoms with Crippen molar-refractivity contribution in [3.05, 3.63) is 64.6 Å². The number of Topliss-reactive ketones (excluding diaryl/α,β-unsaturated/α-hetero) is 1. The molecule has 0 aromatic heterocycles. The molecule has 0 saturated carbocycles. The minimum atomic E-state index is -0.0426. The van der Waals surface area contributed by atoms with Crippen LogP contribution in [0, 0.1) is 0 Å². The quantitative estimate of drug-likeness (QED) is 0.615. The Labute approximate surface area is 119 Å². The predicted molar refractivity (Wildman–Crippen MR) is 81.3 cm³/mol. The third-order valence-corrected chi connectivity index (χ3v) is 4.96. The maximum absolute atomic E-state index is 12.1. The number of hydrogen-bond donors (Lipinski definition) is 0. The Morgan fingerprint density at radius 2 is 1.67 bits per heavy atom. The van der Waals surface area contributed by atoms with Crippen LogP contribution in [0.5, 0.6) is 0 Å². The summed E-state index contributed by atoms with van der Waals surface area (Å²) in [4.78, 5) is 13.3. The molecule has 0 saturated heterocycles. The number of hydrogen-bond acceptors (Lipinski definition) is 1. The second-order valence-electron chi connectivity index (χ2n) is 4.02. The van der Waals surface area contributed by atoms with Crippen molar-refractivity contribution >= 4 is 32.6 Å². The summed E-state index contributed by atoms with van der Waals surface area (Å²) in [5, 5.41) is 0. The van der Waals surface area contributed by atoms with Crippen LogP contribution in [-0.4, -0.2) is 17.8 Å². The van der Waals surface area contributed by atoms with E-state index in [1.165, 1.54) is 4.90 Å². The number of carbonyl (C=O) groups is 1. The Hall–Kier alpha value is -1.06. The number of carbonyl (C=O) groups excluding carboxylic acids is 1. The highest BCUT2D eigenvalue weighted by Crippen LogP contribution is 2.17. The van der Waals surface area contributed by atoms with Gasteiger partial charge in [0.15, 0.2) is 10.6 Å². The molecule has 92 valence electrons. The highest BCUT2D eigenvalue weighted by molar-refractivity contribution is 9.10. The van der Waals surface area contributed by atoms with Crippen molar-refractivity contribution in [2.45, 2.75) is 4.90 Å². The molecule has 0 N–H and O–H groups in total. The van der Waals surface area contributed by atoms with Gasteiger partial charge in [-0.1, -0.05) is 46.3 Å². The third kappa shape index (κ3) is 3.47. The average Bonchev–Trinajstić information content (AvgIpc) is 2.40. The molecule has 0 amide bonds. The molecule has 0 spiro atoms. The smallest absolute Gasteiger partial charge is 0.212 e. The highest BCUT2D eigenvalue weighted by atomic mass is 79.9. The second-order valence-corrected chi connectivity index (χ2v) is 6.97. The lowest BCUT2D eigenvalue weighted by molar-refractivity contribution is 0.102. The molecule has 0 bridgehead atoms. The monoisotopic (exact) mass is 321 g/mol. The minimum Gasteiger partial charge on any atom is -0.289 e. The van der Waals surface area contributed by atoms with Gasteiger partial charge in [0, 0.05) is 20.9 Å². The van der Waals surface area contributed by atoms with Crippen molar-refractivity contribution in [2.24, 2.45) is 0 Å². The first kappa shape index (κ1) is 13.4. The van der Waals surface area contributed by atoms with Gasteiger partial charge in [-0.3, -0.25) is 4.79 Å². The van der Waals surface area contributed by atoms with Crippen LogP contribution < -0.4 is 0 Å². The van der Waals surface area contributed by atoms with E-state index in [0.717, 1.165) is 10.0 Å². The van der Waals surface area contributed by atoms with Crippen molar-refractivity contribution < 1.29 is 4.79 Å². The molecule has 18 heavy (non-hydrogen) atoms. The van der Waals surface area contributed by atoms with Crippen LogP contribution >= 0.6 is 15.9 Å². The Bertz CT molecular complexity index is 522. The third-order valence-electron chi connectivity index (χ3n) is 2.66. The fourth-order valence-electron chi connectivity index (χ4n) is 1.65. The van der Waals surface area contributed by atoms with Crippen molar-refractivity contribution in [3.8, 4) is 0 Å². The van der Waals surface area contributed by atoms with Crippen molar-refractivity contribution in [3.63, 3.8) is 0 Å². The molecule has 2 aromatic carbocycles. The molecule has 1 atom stereocenters. The van der Waals surface area contributed by atoms with E-state index in [4.69, 9.17) is 0 Å². The number of benzene rings is 2. The van der Waals surface area contributed by atoms with Gasteiger partial charge in [-0.25, -0.2) is 0 Å². The van der Waals surface area contributed by atoms with Crippen LogP contribution in [0.2, 0.25) is 0 Å². The van der Waals surface area contributed by atoms with E-state index in [0.29, 0.717) is 5.75 Å². The number of rotatable bonds is 4. The number of ketones is 1. The Kier molecular flexibility index (Phi) is 4.61. The van der Waals surface area contributed by atoms with Gasteiger partial charge in [-0.15, -0.1) is 0 Å². The van der Waals surface area contributed by atoms with Gasteiger partial charge in [0.25, 0.3) is 0 Å². The van der Waals surface area contributed by atoms with E-state index < -0.39 is 0 Å². The zero-order valence-electron chi connectivity index (χ0n) is 10.1. The van der Waals surface area contributed by atoms with E-state index in [1.807, 2.05) is 42.5 Å². The summed E-state index contributed by atoms with van der Waals surface area (Å²) in [6.45, 7) is 0. The molecule has 0 aliphatic heterocycles. The summed E-state index contributed by atoms with van der Waals surface area (Å²) in [5.74, 6) is 0.787. The van der Waals surface area contributed by atoms with Gasteiger partial charge in [-0.2, -0.15) is 0 Å². The standard InChI is InChI=1S/C15H14BrOS/c1-18(14-9-7-13(16)8-10-14)11-15(17)12-5-3-2-4-6-12/h2-10H,11H2,1H3/q+1. The molecule has 2 aromatic rings. The van der Waals surface area contributed by atoms with Crippen LogP contribution in [0.3, 0.4) is 0 Å². The van der Waals surface area contributed by atoms with E-state index in [1.54, 1.807) is 0 Å². The fraction of sp³-hybridized carbons (Fsp3) is 0.133. The van der Waals surface area contributed by atoms with Crippen LogP contribution in [0.4, 0.5) is 0 Å². The van der Waals surface area contributed by atoms with Crippen molar-refractivity contribution in [1.82, 2.24) is 0 Å². The molecule has 1 unspecified atom stereocenters. The van der Waals surface area contributed by atoms with Gasteiger partial charge in [-0.05, 0) is 24.3 Å². The van der Waals surface area contributed by atoms with Gasteiger partial charge in [0.05, 0.1) is 0 Å². The molecule has 0 fully saturated rings. The Morgan fingerprint density at radius 3 is 2.28 bits per heavy atom. The molecule has 1 nitrogen and oxygen atoms in total. The molecule has 3 heteroatoms. The summed E-state index contributed by atoms with van der Waals surface area (Å²) in [7, 11) is -0.0426. The van der Waals surface area contributed by atoms with Gasteiger partial charge in [0.2, 0.25) is 5.78 Å². The summed E-state index contributed by atoms with van der Waals surface area (Å²) < 4.78 is 1.07. The molecule has 0 aliphatic carbocycles. The van der Waals surface area contributed by atoms with Crippen LogP contribution in [0.25, 0.3) is 0 Å². The SMILES string of the molecule is C[S+](CC(=O)c1ccccc1)c1ccc(Br)cc1. The maximum Gasteiger partial charge on any atom is 0.212 e. The summed E-state index contributed by atoms with van der Waals surface area (Å²) in [6.07, 6.45) is 2.12. The van der Waals surface area contributed by atoms with Gasteiger partial charge in [0.1, 0.15) is 6.26 Å². The topological polar surface area (TPSA) is 17.1 Å². The first-order chi connectivity index (χ1) is 8.66. The maximum atomic E-state index is 12.1. The number of halogens is 1. The zero-order chi connectivity index (χ0) is 13.0. The molecule has 0 radical (unpaired) electrons. The Balaban J connectivity index is 2.06. The molecule has 0 heterocycles. The average molecular weight is 322 g/mol. The van der Waals surface area contributed by atoms with Crippen LogP contribution in [0.15, 0.2) is 64.0 Å². The van der Waals surface area contributed by atoms with E-state index in [-0.39, 0.29) is 16.7 Å². The highest BCUT2D eigenvalue weighted by Gasteiger charge is 2.20. The molecular formula is C15H14BrOS+. The largest absolute Gasteiger partial charge is 0.289 e. The first-order valence-electron chi connectivity index (χ1n) is 5.63. The second kappa shape index (κ2) is 6.21. The lowest BCUT2D eigenvalue weighted by Gasteiger charge is -2.03. The molecule has 0 aliphatic rings. The normalized spacial score (nSPS) is 12.1. The van der Waals surface area contributed by atoms with Crippen LogP contribution in [0.1, 0.15) is 10.4 Å². The zero-order valence-corrected chi connectivity index (χ0v) is 12.5. The van der Waals surface area contributed by atoms with Crippen LogP contribution in [-0.2, 0) is 10.9 Å². The van der Waals surface area contributed by atoms with Crippen molar-refractivity contribution in [2.75, 3.05) is 12.0 Å². The summed E-state index contributed by atoms with van der Waals surface area (Å²) in [6, 6.07) is 17.7. The summed E-state index contributed by atoms with van der Waals surface area (Å²) >= 11 is 3.42.